The number of aromatic nitrogens is 2. The van der Waals surface area contributed by atoms with Gasteiger partial charge in [0.15, 0.2) is 0 Å². The lowest BCUT2D eigenvalue weighted by Crippen LogP contribution is -2.46. The van der Waals surface area contributed by atoms with E-state index in [0.29, 0.717) is 28.9 Å². The van der Waals surface area contributed by atoms with Gasteiger partial charge in [-0.1, -0.05) is 39.0 Å². The van der Waals surface area contributed by atoms with Crippen LogP contribution in [0.5, 0.6) is 5.75 Å². The number of benzene rings is 1. The molecule has 1 amide bonds. The minimum absolute atomic E-state index is 0.0268. The lowest BCUT2D eigenvalue weighted by atomic mass is 9.74. The fraction of sp³-hybridized carbons (Fsp3) is 0.571. The number of thioether (sulfide) groups is 1. The topological polar surface area (TPSA) is 77.2 Å². The van der Waals surface area contributed by atoms with Crippen LogP contribution in [0.25, 0.3) is 11.5 Å². The van der Waals surface area contributed by atoms with Crippen LogP contribution in [0.2, 0.25) is 0 Å². The Hall–Kier alpha value is -2.02. The van der Waals surface area contributed by atoms with E-state index >= 15 is 0 Å². The molecule has 1 heterocycles. The number of methoxy groups -OCH3 is 1. The lowest BCUT2D eigenvalue weighted by molar-refractivity contribution is -0.120. The van der Waals surface area contributed by atoms with Gasteiger partial charge in [-0.25, -0.2) is 0 Å². The monoisotopic (exact) mass is 403 g/mol. The van der Waals surface area contributed by atoms with E-state index in [0.717, 1.165) is 17.7 Å². The van der Waals surface area contributed by atoms with E-state index in [4.69, 9.17) is 9.15 Å². The molecule has 1 saturated carbocycles. The van der Waals surface area contributed by atoms with E-state index in [-0.39, 0.29) is 17.7 Å². The fourth-order valence-corrected chi connectivity index (χ4v) is 4.44. The molecule has 1 aliphatic carbocycles. The van der Waals surface area contributed by atoms with Gasteiger partial charge >= 0.3 is 0 Å². The minimum atomic E-state index is 0.0268. The van der Waals surface area contributed by atoms with Gasteiger partial charge in [0.2, 0.25) is 11.8 Å². The van der Waals surface area contributed by atoms with Crippen LogP contribution in [0, 0.1) is 17.8 Å². The molecule has 6 nitrogen and oxygen atoms in total. The van der Waals surface area contributed by atoms with Crippen LogP contribution in [0.3, 0.4) is 0 Å². The van der Waals surface area contributed by atoms with Gasteiger partial charge in [0.25, 0.3) is 5.22 Å². The second-order valence-electron chi connectivity index (χ2n) is 7.89. The van der Waals surface area contributed by atoms with Gasteiger partial charge in [-0.3, -0.25) is 4.79 Å². The number of hydrogen-bond acceptors (Lipinski definition) is 6. The Kier molecular flexibility index (Phi) is 6.99. The van der Waals surface area contributed by atoms with Gasteiger partial charge in [0, 0.05) is 11.6 Å². The van der Waals surface area contributed by atoms with E-state index in [1.807, 2.05) is 24.3 Å². The number of rotatable bonds is 7. The molecular weight excluding hydrogens is 374 g/mol. The van der Waals surface area contributed by atoms with Gasteiger partial charge < -0.3 is 14.5 Å². The lowest BCUT2D eigenvalue weighted by Gasteiger charge is -2.37. The van der Waals surface area contributed by atoms with Crippen LogP contribution in [-0.4, -0.2) is 35.0 Å². The normalized spacial score (nSPS) is 22.2. The highest BCUT2D eigenvalue weighted by Gasteiger charge is 2.31. The zero-order valence-corrected chi connectivity index (χ0v) is 17.8. The molecule has 0 saturated heterocycles. The number of ether oxygens (including phenoxy) is 1. The van der Waals surface area contributed by atoms with Crippen LogP contribution in [0.15, 0.2) is 33.9 Å². The molecule has 0 bridgehead atoms. The van der Waals surface area contributed by atoms with Crippen molar-refractivity contribution in [3.63, 3.8) is 0 Å². The molecule has 1 N–H and O–H groups in total. The third kappa shape index (κ3) is 5.28. The minimum Gasteiger partial charge on any atom is -0.497 e. The first kappa shape index (κ1) is 20.7. The molecule has 2 aromatic rings. The van der Waals surface area contributed by atoms with Crippen LogP contribution >= 0.6 is 11.8 Å². The summed E-state index contributed by atoms with van der Waals surface area (Å²) in [7, 11) is 1.62. The van der Waals surface area contributed by atoms with E-state index < -0.39 is 0 Å². The Morgan fingerprint density at radius 1 is 1.29 bits per heavy atom. The summed E-state index contributed by atoms with van der Waals surface area (Å²) < 4.78 is 10.8. The van der Waals surface area contributed by atoms with Crippen LogP contribution in [0.4, 0.5) is 0 Å². The Bertz CT molecular complexity index is 775. The zero-order chi connectivity index (χ0) is 20.1. The standard InChI is InChI=1S/C21H29N3O3S/c1-13(2)17-10-5-14(3)11-18(17)22-19(25)12-28-21-24-23-20(27-21)15-6-8-16(26-4)9-7-15/h6-9,13-14,17-18H,5,10-12H2,1-4H3,(H,22,25). The molecule has 152 valence electrons. The fourth-order valence-electron chi connectivity index (χ4n) is 3.86. The van der Waals surface area contributed by atoms with E-state index in [9.17, 15) is 4.79 Å². The molecule has 1 aromatic heterocycles. The quantitative estimate of drug-likeness (QED) is 0.690. The number of carbonyl (C=O) groups excluding carboxylic acids is 1. The van der Waals surface area contributed by atoms with Crippen molar-refractivity contribution in [3.8, 4) is 17.2 Å². The number of nitrogens with zero attached hydrogens (tertiary/aromatic N) is 2. The van der Waals surface area contributed by atoms with Gasteiger partial charge in [-0.2, -0.15) is 0 Å². The molecule has 3 atom stereocenters. The van der Waals surface area contributed by atoms with Crippen molar-refractivity contribution in [2.75, 3.05) is 12.9 Å². The van der Waals surface area contributed by atoms with Gasteiger partial charge in [0.05, 0.1) is 12.9 Å². The average Bonchev–Trinajstić information content (AvgIpc) is 3.15. The molecule has 0 aliphatic heterocycles. The van der Waals surface area contributed by atoms with Crippen molar-refractivity contribution in [3.05, 3.63) is 24.3 Å². The maximum absolute atomic E-state index is 12.5. The SMILES string of the molecule is COc1ccc(-c2nnc(SCC(=O)NC3CC(C)CCC3C(C)C)o2)cc1. The highest BCUT2D eigenvalue weighted by atomic mass is 32.2. The van der Waals surface area contributed by atoms with Crippen molar-refractivity contribution >= 4 is 17.7 Å². The van der Waals surface area contributed by atoms with Crippen molar-refractivity contribution in [2.24, 2.45) is 17.8 Å². The number of amides is 1. The number of hydrogen-bond donors (Lipinski definition) is 1. The van der Waals surface area contributed by atoms with Crippen molar-refractivity contribution in [2.45, 2.75) is 51.3 Å². The summed E-state index contributed by atoms with van der Waals surface area (Å²) >= 11 is 1.27. The third-order valence-electron chi connectivity index (χ3n) is 5.44. The predicted molar refractivity (Wildman–Crippen MR) is 110 cm³/mol. The maximum atomic E-state index is 12.5. The van der Waals surface area contributed by atoms with Crippen LogP contribution < -0.4 is 10.1 Å². The molecule has 0 radical (unpaired) electrons. The number of nitrogens with one attached hydrogen (secondary N) is 1. The van der Waals surface area contributed by atoms with Crippen molar-refractivity contribution in [1.82, 2.24) is 15.5 Å². The first-order chi connectivity index (χ1) is 13.5. The summed E-state index contributed by atoms with van der Waals surface area (Å²) in [4.78, 5) is 12.5. The van der Waals surface area contributed by atoms with Crippen LogP contribution in [0.1, 0.15) is 40.0 Å². The smallest absolute Gasteiger partial charge is 0.277 e. The van der Waals surface area contributed by atoms with Crippen LogP contribution in [-0.2, 0) is 4.79 Å². The van der Waals surface area contributed by atoms with E-state index in [1.165, 1.54) is 24.6 Å². The summed E-state index contributed by atoms with van der Waals surface area (Å²) in [5.41, 5.74) is 0.820. The molecule has 1 fully saturated rings. The Morgan fingerprint density at radius 3 is 2.71 bits per heavy atom. The molecule has 1 aromatic carbocycles. The molecule has 28 heavy (non-hydrogen) atoms. The summed E-state index contributed by atoms with van der Waals surface area (Å²) in [5, 5.41) is 11.8. The summed E-state index contributed by atoms with van der Waals surface area (Å²) in [6.07, 6.45) is 3.49. The highest BCUT2D eigenvalue weighted by molar-refractivity contribution is 7.99. The highest BCUT2D eigenvalue weighted by Crippen LogP contribution is 2.33. The second-order valence-corrected chi connectivity index (χ2v) is 8.82. The summed E-state index contributed by atoms with van der Waals surface area (Å²) in [6.45, 7) is 6.75. The summed E-state index contributed by atoms with van der Waals surface area (Å²) in [5.74, 6) is 3.30. The van der Waals surface area contributed by atoms with Crippen molar-refractivity contribution < 1.29 is 13.9 Å². The average molecular weight is 404 g/mol. The Balaban J connectivity index is 1.53. The van der Waals surface area contributed by atoms with Gasteiger partial charge in [-0.15, -0.1) is 10.2 Å². The zero-order valence-electron chi connectivity index (χ0n) is 17.0. The molecule has 7 heteroatoms. The predicted octanol–water partition coefficient (Wildman–Crippen LogP) is 4.41. The summed E-state index contributed by atoms with van der Waals surface area (Å²) in [6, 6.07) is 7.68. The first-order valence-corrected chi connectivity index (χ1v) is 10.8. The van der Waals surface area contributed by atoms with Crippen molar-refractivity contribution in [1.29, 1.82) is 0 Å². The Labute approximate surface area is 170 Å². The Morgan fingerprint density at radius 2 is 2.04 bits per heavy atom. The second kappa shape index (κ2) is 9.45. The number of carbonyl (C=O) groups is 1. The van der Waals surface area contributed by atoms with Gasteiger partial charge in [0.1, 0.15) is 5.75 Å². The van der Waals surface area contributed by atoms with E-state index in [2.05, 4.69) is 36.3 Å². The molecular formula is C21H29N3O3S. The largest absolute Gasteiger partial charge is 0.497 e. The van der Waals surface area contributed by atoms with Gasteiger partial charge in [-0.05, 0) is 54.9 Å². The molecule has 3 unspecified atom stereocenters. The molecule has 1 aliphatic rings. The third-order valence-corrected chi connectivity index (χ3v) is 6.26. The maximum Gasteiger partial charge on any atom is 0.277 e. The first-order valence-electron chi connectivity index (χ1n) is 9.86. The molecule has 3 rings (SSSR count). The molecule has 0 spiro atoms. The van der Waals surface area contributed by atoms with E-state index in [1.54, 1.807) is 7.11 Å².